The number of ether oxygens (including phenoxy) is 3. The lowest BCUT2D eigenvalue weighted by Crippen LogP contribution is -2.87. The molecule has 2 spiro atoms. The number of methoxy groups -OCH3 is 1. The van der Waals surface area contributed by atoms with Crippen molar-refractivity contribution < 1.29 is 24.1 Å². The molecule has 3 saturated heterocycles. The van der Waals surface area contributed by atoms with Crippen LogP contribution in [0.15, 0.2) is 42.5 Å². The summed E-state index contributed by atoms with van der Waals surface area (Å²) in [6, 6.07) is 14.2. The van der Waals surface area contributed by atoms with Crippen LogP contribution in [0, 0.1) is 5.92 Å². The SMILES string of the molecule is COc1ccc2c3c1OC1C4(O)CCC5(O[C@H]4C(=O)NCc4ccccc4)C(C2)N(CC2CC2)CCC315.Cl. The summed E-state index contributed by atoms with van der Waals surface area (Å²) in [6.45, 7) is 2.45. The highest BCUT2D eigenvalue weighted by Crippen LogP contribution is 2.71. The normalized spacial score (nSPS) is 37.6. The first-order valence-corrected chi connectivity index (χ1v) is 13.8. The molecular formula is C30H35ClN2O5. The number of carbonyl (C=O) groups excluding carboxylic acids is 1. The molecule has 5 unspecified atom stereocenters. The predicted molar refractivity (Wildman–Crippen MR) is 143 cm³/mol. The van der Waals surface area contributed by atoms with Crippen LogP contribution in [0.25, 0.3) is 0 Å². The minimum absolute atomic E-state index is 0. The fraction of sp³-hybridized carbons (Fsp3) is 0.567. The van der Waals surface area contributed by atoms with E-state index in [-0.39, 0.29) is 24.4 Å². The Kier molecular flexibility index (Phi) is 5.42. The Morgan fingerprint density at radius 3 is 2.74 bits per heavy atom. The summed E-state index contributed by atoms with van der Waals surface area (Å²) in [5.41, 5.74) is 0.999. The molecular weight excluding hydrogens is 504 g/mol. The molecule has 5 fully saturated rings. The van der Waals surface area contributed by atoms with Crippen molar-refractivity contribution in [2.45, 2.75) is 79.9 Å². The second kappa shape index (κ2) is 8.34. The van der Waals surface area contributed by atoms with E-state index in [4.69, 9.17) is 14.2 Å². The number of piperidine rings is 1. The van der Waals surface area contributed by atoms with Crippen molar-refractivity contribution in [3.8, 4) is 11.5 Å². The van der Waals surface area contributed by atoms with Crippen LogP contribution in [0.1, 0.15) is 48.8 Å². The van der Waals surface area contributed by atoms with Crippen LogP contribution in [0.5, 0.6) is 11.5 Å². The third-order valence-electron chi connectivity index (χ3n) is 10.4. The first-order chi connectivity index (χ1) is 18.0. The predicted octanol–water partition coefficient (Wildman–Crippen LogP) is 3.14. The molecule has 2 aromatic rings. The number of hydrogen-bond acceptors (Lipinski definition) is 6. The molecule has 38 heavy (non-hydrogen) atoms. The number of benzene rings is 2. The molecule has 7 nitrogen and oxygen atoms in total. The number of halogens is 1. The van der Waals surface area contributed by atoms with Gasteiger partial charge in [-0.3, -0.25) is 9.69 Å². The second-order valence-corrected chi connectivity index (χ2v) is 12.1. The van der Waals surface area contributed by atoms with Crippen LogP contribution in [-0.4, -0.2) is 65.6 Å². The minimum atomic E-state index is -1.41. The molecule has 8 heteroatoms. The van der Waals surface area contributed by atoms with E-state index >= 15 is 0 Å². The number of rotatable bonds is 6. The van der Waals surface area contributed by atoms with Gasteiger partial charge in [0.1, 0.15) is 11.7 Å². The fourth-order valence-corrected chi connectivity index (χ4v) is 8.63. The number of likely N-dealkylation sites (tertiary alicyclic amines) is 1. The lowest BCUT2D eigenvalue weighted by molar-refractivity contribution is -0.345. The standard InChI is InChI=1S/C30H34N2O5.ClH/c1-35-21-10-9-20-15-22-30-12-11-29(34,25(37-30)26(33)31-16-18-5-3-2-4-6-18)27-28(30,23(20)24(21)36-27)13-14-32(22)17-19-7-8-19;/h2-6,9-10,19,22,25,27,34H,7-8,11-17H2,1H3,(H,31,33);1H/t22?,25-,27?,28?,29?,30?;/m0./s1. The van der Waals surface area contributed by atoms with Gasteiger partial charge in [-0.2, -0.15) is 0 Å². The lowest BCUT2D eigenvalue weighted by atomic mass is 9.44. The van der Waals surface area contributed by atoms with Crippen molar-refractivity contribution in [3.05, 3.63) is 59.2 Å². The quantitative estimate of drug-likeness (QED) is 0.588. The van der Waals surface area contributed by atoms with Crippen molar-refractivity contribution in [1.29, 1.82) is 0 Å². The number of fused-ring (bicyclic) bond motifs is 2. The first-order valence-electron chi connectivity index (χ1n) is 13.8. The van der Waals surface area contributed by atoms with Crippen molar-refractivity contribution in [3.63, 3.8) is 0 Å². The van der Waals surface area contributed by atoms with Crippen LogP contribution in [0.2, 0.25) is 0 Å². The molecule has 9 rings (SSSR count). The summed E-state index contributed by atoms with van der Waals surface area (Å²) in [7, 11) is 1.67. The Bertz CT molecular complexity index is 1290. The summed E-state index contributed by atoms with van der Waals surface area (Å²) >= 11 is 0. The highest BCUT2D eigenvalue weighted by molar-refractivity contribution is 5.85. The van der Waals surface area contributed by atoms with E-state index in [0.717, 1.165) is 49.6 Å². The zero-order valence-electron chi connectivity index (χ0n) is 21.7. The molecule has 0 radical (unpaired) electrons. The van der Waals surface area contributed by atoms with Crippen molar-refractivity contribution in [1.82, 2.24) is 10.2 Å². The summed E-state index contributed by atoms with van der Waals surface area (Å²) in [4.78, 5) is 16.4. The van der Waals surface area contributed by atoms with Gasteiger partial charge in [-0.1, -0.05) is 36.4 Å². The van der Waals surface area contributed by atoms with Crippen molar-refractivity contribution >= 4 is 18.3 Å². The molecule has 7 aliphatic rings. The highest BCUT2D eigenvalue weighted by atomic mass is 35.5. The Morgan fingerprint density at radius 1 is 1.16 bits per heavy atom. The highest BCUT2D eigenvalue weighted by Gasteiger charge is 2.82. The van der Waals surface area contributed by atoms with Gasteiger partial charge in [0.15, 0.2) is 17.6 Å². The Morgan fingerprint density at radius 2 is 1.97 bits per heavy atom. The van der Waals surface area contributed by atoms with E-state index < -0.39 is 28.8 Å². The molecule has 4 heterocycles. The number of aliphatic hydroxyl groups is 1. The van der Waals surface area contributed by atoms with Crippen LogP contribution < -0.4 is 14.8 Å². The van der Waals surface area contributed by atoms with Gasteiger partial charge in [0.2, 0.25) is 0 Å². The molecule has 2 N–H and O–H groups in total. The summed E-state index contributed by atoms with van der Waals surface area (Å²) < 4.78 is 19.5. The smallest absolute Gasteiger partial charge is 0.252 e. The van der Waals surface area contributed by atoms with Crippen LogP contribution in [0.4, 0.5) is 0 Å². The first kappa shape index (κ1) is 24.7. The lowest BCUT2D eigenvalue weighted by Gasteiger charge is -2.72. The summed E-state index contributed by atoms with van der Waals surface area (Å²) in [5, 5.41) is 15.4. The van der Waals surface area contributed by atoms with Crippen LogP contribution in [-0.2, 0) is 27.9 Å². The average Bonchev–Trinajstić information content (AvgIpc) is 3.66. The summed E-state index contributed by atoms with van der Waals surface area (Å²) in [6.07, 6.45) is 4.03. The van der Waals surface area contributed by atoms with Gasteiger partial charge in [-0.25, -0.2) is 0 Å². The average molecular weight is 539 g/mol. The second-order valence-electron chi connectivity index (χ2n) is 12.1. The molecule has 2 aromatic carbocycles. The molecule has 6 atom stereocenters. The Labute approximate surface area is 229 Å². The third-order valence-corrected chi connectivity index (χ3v) is 10.4. The number of nitrogens with zero attached hydrogens (tertiary/aromatic N) is 1. The fourth-order valence-electron chi connectivity index (χ4n) is 8.63. The van der Waals surface area contributed by atoms with Gasteiger partial charge < -0.3 is 24.6 Å². The van der Waals surface area contributed by atoms with E-state index in [0.29, 0.717) is 18.7 Å². The van der Waals surface area contributed by atoms with Crippen molar-refractivity contribution in [2.24, 2.45) is 5.92 Å². The van der Waals surface area contributed by atoms with E-state index in [1.807, 2.05) is 36.4 Å². The van der Waals surface area contributed by atoms with Gasteiger partial charge in [-0.05, 0) is 68.2 Å². The van der Waals surface area contributed by atoms with Crippen molar-refractivity contribution in [2.75, 3.05) is 20.2 Å². The largest absolute Gasteiger partial charge is 0.493 e. The molecule has 3 aliphatic carbocycles. The Hall–Kier alpha value is -2.32. The molecule has 2 saturated carbocycles. The summed E-state index contributed by atoms with van der Waals surface area (Å²) in [5.74, 6) is 1.95. The van der Waals surface area contributed by atoms with E-state index in [1.165, 1.54) is 24.0 Å². The minimum Gasteiger partial charge on any atom is -0.493 e. The zero-order valence-corrected chi connectivity index (χ0v) is 22.5. The maximum absolute atomic E-state index is 13.7. The van der Waals surface area contributed by atoms with Crippen LogP contribution in [0.3, 0.4) is 0 Å². The number of nitrogens with one attached hydrogen (secondary N) is 1. The van der Waals surface area contributed by atoms with Gasteiger partial charge in [0, 0.05) is 24.7 Å². The molecule has 4 bridgehead atoms. The monoisotopic (exact) mass is 538 g/mol. The van der Waals surface area contributed by atoms with Gasteiger partial charge in [0.05, 0.1) is 18.1 Å². The molecule has 4 aliphatic heterocycles. The topological polar surface area (TPSA) is 80.3 Å². The van der Waals surface area contributed by atoms with E-state index in [2.05, 4.69) is 16.3 Å². The zero-order chi connectivity index (χ0) is 25.0. The number of hydrogen-bond donors (Lipinski definition) is 2. The van der Waals surface area contributed by atoms with E-state index in [1.54, 1.807) is 7.11 Å². The maximum atomic E-state index is 13.7. The Balaban J connectivity index is 0.00000242. The number of amides is 1. The molecule has 1 amide bonds. The van der Waals surface area contributed by atoms with Crippen LogP contribution >= 0.6 is 12.4 Å². The van der Waals surface area contributed by atoms with Gasteiger partial charge in [-0.15, -0.1) is 12.4 Å². The van der Waals surface area contributed by atoms with Gasteiger partial charge >= 0.3 is 0 Å². The third kappa shape index (κ3) is 2.99. The number of carbonyl (C=O) groups is 1. The van der Waals surface area contributed by atoms with E-state index in [9.17, 15) is 9.90 Å². The van der Waals surface area contributed by atoms with Gasteiger partial charge in [0.25, 0.3) is 5.91 Å². The maximum Gasteiger partial charge on any atom is 0.252 e. The molecule has 202 valence electrons. The molecule has 0 aromatic heterocycles.